The third-order valence-corrected chi connectivity index (χ3v) is 11.2. The largest absolute Gasteiger partial charge is 0.495 e. The Balaban J connectivity index is 1.38. The molecule has 4 fully saturated rings. The third-order valence-electron chi connectivity index (χ3n) is 8.06. The van der Waals surface area contributed by atoms with E-state index in [1.807, 2.05) is 0 Å². The van der Waals surface area contributed by atoms with Crippen molar-refractivity contribution in [1.82, 2.24) is 5.32 Å². The van der Waals surface area contributed by atoms with Gasteiger partial charge in [0, 0.05) is 6.04 Å². The molecule has 1 heterocycles. The van der Waals surface area contributed by atoms with E-state index < -0.39 is 10.0 Å². The quantitative estimate of drug-likeness (QED) is 0.586. The van der Waals surface area contributed by atoms with Crippen LogP contribution in [-0.4, -0.2) is 34.0 Å². The zero-order chi connectivity index (χ0) is 23.2. The smallest absolute Gasteiger partial charge is 0.274 e. The maximum Gasteiger partial charge on any atom is 0.274 e. The van der Waals surface area contributed by atoms with Gasteiger partial charge in [-0.1, -0.05) is 18.2 Å². The van der Waals surface area contributed by atoms with Crippen LogP contribution in [0.3, 0.4) is 0 Å². The Kier molecular flexibility index (Phi) is 5.93. The number of nitrogens with zero attached hydrogens (tertiary/aromatic N) is 1. The number of carbonyl (C=O) groups is 1. The zero-order valence-corrected chi connectivity index (χ0v) is 20.8. The summed E-state index contributed by atoms with van der Waals surface area (Å²) in [4.78, 5) is 13.3. The molecule has 178 valence electrons. The number of amides is 1. The molecule has 1 N–H and O–H groups in total. The summed E-state index contributed by atoms with van der Waals surface area (Å²) < 4.78 is 33.8. The van der Waals surface area contributed by atoms with E-state index in [-0.39, 0.29) is 28.1 Å². The second-order valence-electron chi connectivity index (χ2n) is 10.2. The lowest BCUT2D eigenvalue weighted by Gasteiger charge is -2.59. The van der Waals surface area contributed by atoms with Crippen molar-refractivity contribution >= 4 is 33.0 Å². The van der Waals surface area contributed by atoms with Crippen LogP contribution in [-0.2, 0) is 14.8 Å². The summed E-state index contributed by atoms with van der Waals surface area (Å²) in [5, 5.41) is 4.93. The fourth-order valence-corrected chi connectivity index (χ4v) is 9.47. The van der Waals surface area contributed by atoms with Crippen molar-refractivity contribution < 1.29 is 17.9 Å². The first-order valence-electron chi connectivity index (χ1n) is 11.8. The highest BCUT2D eigenvalue weighted by atomic mass is 32.2. The number of anilines is 1. The van der Waals surface area contributed by atoms with E-state index in [0.29, 0.717) is 11.4 Å². The minimum atomic E-state index is -3.91. The molecule has 4 aliphatic carbocycles. The van der Waals surface area contributed by atoms with E-state index in [4.69, 9.17) is 4.74 Å². The van der Waals surface area contributed by atoms with E-state index in [0.717, 1.165) is 29.1 Å². The van der Waals surface area contributed by atoms with Crippen LogP contribution in [0.4, 0.5) is 5.69 Å². The van der Waals surface area contributed by atoms with Crippen molar-refractivity contribution in [3.63, 3.8) is 0 Å². The number of methoxy groups -OCH3 is 1. The number of nitrogens with one attached hydrogen (secondary N) is 1. The number of benzene rings is 1. The molecule has 0 saturated heterocycles. The van der Waals surface area contributed by atoms with Gasteiger partial charge in [-0.05, 0) is 92.2 Å². The Morgan fingerprint density at radius 1 is 1.12 bits per heavy atom. The van der Waals surface area contributed by atoms with Gasteiger partial charge in [0.25, 0.3) is 10.0 Å². The number of sulfonamides is 1. The highest BCUT2D eigenvalue weighted by Crippen LogP contribution is 2.61. The monoisotopic (exact) mass is 488 g/mol. The molecular formula is C25H32N2O4S2. The van der Waals surface area contributed by atoms with Crippen molar-refractivity contribution in [2.45, 2.75) is 55.7 Å². The summed E-state index contributed by atoms with van der Waals surface area (Å²) >= 11 is 1.14. The minimum Gasteiger partial charge on any atom is -0.495 e. The summed E-state index contributed by atoms with van der Waals surface area (Å²) in [7, 11) is -2.40. The van der Waals surface area contributed by atoms with Gasteiger partial charge in [-0.3, -0.25) is 9.10 Å². The topological polar surface area (TPSA) is 75.7 Å². The lowest BCUT2D eigenvalue weighted by atomic mass is 9.48. The maximum atomic E-state index is 13.5. The van der Waals surface area contributed by atoms with E-state index in [9.17, 15) is 13.2 Å². The number of hydrogen-bond acceptors (Lipinski definition) is 5. The molecule has 1 amide bonds. The first kappa shape index (κ1) is 22.7. The molecule has 2 aromatic rings. The van der Waals surface area contributed by atoms with Crippen molar-refractivity contribution in [2.75, 3.05) is 18.0 Å². The number of thiophene rings is 1. The summed E-state index contributed by atoms with van der Waals surface area (Å²) in [6, 6.07) is 10.2. The van der Waals surface area contributed by atoms with Crippen LogP contribution in [0.5, 0.6) is 5.75 Å². The van der Waals surface area contributed by atoms with E-state index in [2.05, 4.69) is 12.2 Å². The SMILES string of the molecule is COc1ccccc1N(CC(=O)NC(C)C12CC3CC(CC(C3)C1)C2)S(=O)(=O)c1cccs1. The second kappa shape index (κ2) is 8.62. The van der Waals surface area contributed by atoms with Gasteiger partial charge in [-0.25, -0.2) is 8.42 Å². The highest BCUT2D eigenvalue weighted by Gasteiger charge is 2.53. The number of hydrogen-bond donors (Lipinski definition) is 1. The van der Waals surface area contributed by atoms with Gasteiger partial charge in [0.1, 0.15) is 16.5 Å². The van der Waals surface area contributed by atoms with E-state index in [1.54, 1.807) is 41.8 Å². The van der Waals surface area contributed by atoms with Crippen LogP contribution in [0.25, 0.3) is 0 Å². The molecule has 0 radical (unpaired) electrons. The molecule has 4 bridgehead atoms. The maximum absolute atomic E-state index is 13.5. The van der Waals surface area contributed by atoms with Gasteiger partial charge in [0.05, 0.1) is 12.8 Å². The van der Waals surface area contributed by atoms with Crippen molar-refractivity contribution in [1.29, 1.82) is 0 Å². The molecule has 0 spiro atoms. The Bertz CT molecular complexity index is 1080. The molecule has 4 aliphatic rings. The fourth-order valence-electron chi connectivity index (χ4n) is 6.93. The van der Waals surface area contributed by atoms with Gasteiger partial charge in [0.15, 0.2) is 0 Å². The minimum absolute atomic E-state index is 0.0300. The molecule has 1 atom stereocenters. The molecular weight excluding hydrogens is 456 g/mol. The lowest BCUT2D eigenvalue weighted by molar-refractivity contribution is -0.124. The van der Waals surface area contributed by atoms with E-state index in [1.165, 1.54) is 49.9 Å². The van der Waals surface area contributed by atoms with Crippen molar-refractivity contribution in [3.05, 3.63) is 41.8 Å². The highest BCUT2D eigenvalue weighted by molar-refractivity contribution is 7.94. The molecule has 1 unspecified atom stereocenters. The Hall–Kier alpha value is -2.06. The molecule has 33 heavy (non-hydrogen) atoms. The first-order valence-corrected chi connectivity index (χ1v) is 14.1. The normalized spacial score (nSPS) is 29.0. The summed E-state index contributed by atoms with van der Waals surface area (Å²) in [5.74, 6) is 2.52. The van der Waals surface area contributed by atoms with Crippen LogP contribution in [0.2, 0.25) is 0 Å². The lowest BCUT2D eigenvalue weighted by Crippen LogP contribution is -2.57. The van der Waals surface area contributed by atoms with Gasteiger partial charge in [-0.15, -0.1) is 11.3 Å². The van der Waals surface area contributed by atoms with Gasteiger partial charge < -0.3 is 10.1 Å². The molecule has 1 aromatic heterocycles. The number of rotatable bonds is 8. The van der Waals surface area contributed by atoms with Crippen LogP contribution in [0.15, 0.2) is 46.0 Å². The zero-order valence-electron chi connectivity index (χ0n) is 19.2. The van der Waals surface area contributed by atoms with Crippen LogP contribution < -0.4 is 14.4 Å². The first-order chi connectivity index (χ1) is 15.8. The molecule has 8 heteroatoms. The molecule has 1 aromatic carbocycles. The number of ether oxygens (including phenoxy) is 1. The predicted molar refractivity (Wildman–Crippen MR) is 130 cm³/mol. The molecule has 6 rings (SSSR count). The number of carbonyl (C=O) groups excluding carboxylic acids is 1. The van der Waals surface area contributed by atoms with Crippen molar-refractivity contribution in [3.8, 4) is 5.75 Å². The standard InChI is InChI=1S/C25H32N2O4S2/c1-17(25-13-18-10-19(14-25)12-20(11-18)15-25)26-23(28)16-27(21-6-3-4-7-22(21)31-2)33(29,30)24-8-5-9-32-24/h3-9,17-20H,10-16H2,1-2H3,(H,26,28). The van der Waals surface area contributed by atoms with Crippen LogP contribution in [0.1, 0.15) is 45.4 Å². The van der Waals surface area contributed by atoms with E-state index >= 15 is 0 Å². The van der Waals surface area contributed by atoms with Crippen molar-refractivity contribution in [2.24, 2.45) is 23.2 Å². The third kappa shape index (κ3) is 4.16. The average molecular weight is 489 g/mol. The Morgan fingerprint density at radius 3 is 2.33 bits per heavy atom. The predicted octanol–water partition coefficient (Wildman–Crippen LogP) is 4.67. The molecule has 6 nitrogen and oxygen atoms in total. The molecule has 4 saturated carbocycles. The van der Waals surface area contributed by atoms with Crippen LogP contribution >= 0.6 is 11.3 Å². The average Bonchev–Trinajstić information content (AvgIpc) is 3.32. The van der Waals surface area contributed by atoms with Gasteiger partial charge >= 0.3 is 0 Å². The molecule has 0 aliphatic heterocycles. The second-order valence-corrected chi connectivity index (χ2v) is 13.2. The van der Waals surface area contributed by atoms with Gasteiger partial charge in [-0.2, -0.15) is 0 Å². The Labute approximate surface area is 200 Å². The fraction of sp³-hybridized carbons (Fsp3) is 0.560. The van der Waals surface area contributed by atoms with Crippen LogP contribution in [0, 0.1) is 23.2 Å². The van der Waals surface area contributed by atoms with Gasteiger partial charge in [0.2, 0.25) is 5.91 Å². The summed E-state index contributed by atoms with van der Waals surface area (Å²) in [5.41, 5.74) is 0.526. The number of para-hydroxylation sites is 2. The Morgan fingerprint density at radius 2 is 1.76 bits per heavy atom. The summed E-state index contributed by atoms with van der Waals surface area (Å²) in [6.07, 6.45) is 7.60. The summed E-state index contributed by atoms with van der Waals surface area (Å²) in [6.45, 7) is 1.84.